The molecular weight excluding hydrogens is 304 g/mol. The van der Waals surface area contributed by atoms with Crippen molar-refractivity contribution in [3.63, 3.8) is 0 Å². The highest BCUT2D eigenvalue weighted by molar-refractivity contribution is 7.88. The smallest absolute Gasteiger partial charge is 0.252 e. The third-order valence-electron chi connectivity index (χ3n) is 2.34. The highest BCUT2D eigenvalue weighted by Gasteiger charge is 2.09. The first kappa shape index (κ1) is 16.7. The maximum Gasteiger partial charge on any atom is 0.252 e. The Morgan fingerprint density at radius 2 is 2.10 bits per heavy atom. The van der Waals surface area contributed by atoms with Crippen LogP contribution in [0.4, 0.5) is 5.82 Å². The predicted octanol–water partition coefficient (Wildman–Crippen LogP) is 0.446. The standard InChI is InChI=1S/C11H17ClN4O3S/c1-13-10-9(12)6-8(7-15-10)11(17)14-4-3-5-16-20(2,18)19/h6-7,16H,3-5H2,1-2H3,(H,13,15)(H,14,17). The Hall–Kier alpha value is -1.38. The van der Waals surface area contributed by atoms with Crippen LogP contribution < -0.4 is 15.4 Å². The fraction of sp³-hybridized carbons (Fsp3) is 0.455. The van der Waals surface area contributed by atoms with E-state index < -0.39 is 10.0 Å². The van der Waals surface area contributed by atoms with E-state index in [1.165, 1.54) is 12.3 Å². The van der Waals surface area contributed by atoms with Crippen LogP contribution in [0.5, 0.6) is 0 Å². The van der Waals surface area contributed by atoms with Gasteiger partial charge in [-0.15, -0.1) is 0 Å². The van der Waals surface area contributed by atoms with E-state index in [-0.39, 0.29) is 12.5 Å². The molecule has 0 atom stereocenters. The molecule has 0 aliphatic heterocycles. The molecule has 1 aromatic heterocycles. The molecule has 1 heterocycles. The number of nitrogens with zero attached hydrogens (tertiary/aromatic N) is 1. The Kier molecular flexibility index (Phi) is 6.18. The topological polar surface area (TPSA) is 100 Å². The number of anilines is 1. The molecule has 1 rings (SSSR count). The van der Waals surface area contributed by atoms with Gasteiger partial charge in [-0.3, -0.25) is 4.79 Å². The molecule has 0 spiro atoms. The van der Waals surface area contributed by atoms with Gasteiger partial charge in [0.05, 0.1) is 16.8 Å². The van der Waals surface area contributed by atoms with E-state index in [9.17, 15) is 13.2 Å². The van der Waals surface area contributed by atoms with Gasteiger partial charge in [0, 0.05) is 26.3 Å². The van der Waals surface area contributed by atoms with Crippen LogP contribution in [0.25, 0.3) is 0 Å². The average molecular weight is 321 g/mol. The number of pyridine rings is 1. The van der Waals surface area contributed by atoms with Gasteiger partial charge in [-0.1, -0.05) is 11.6 Å². The summed E-state index contributed by atoms with van der Waals surface area (Å²) in [4.78, 5) is 15.8. The lowest BCUT2D eigenvalue weighted by Gasteiger charge is -2.07. The SMILES string of the molecule is CNc1ncc(C(=O)NCCCNS(C)(=O)=O)cc1Cl. The molecule has 0 radical (unpaired) electrons. The first-order valence-electron chi connectivity index (χ1n) is 5.89. The Morgan fingerprint density at radius 3 is 2.65 bits per heavy atom. The Morgan fingerprint density at radius 1 is 1.40 bits per heavy atom. The van der Waals surface area contributed by atoms with E-state index >= 15 is 0 Å². The molecule has 112 valence electrons. The Balaban J connectivity index is 2.42. The van der Waals surface area contributed by atoms with Gasteiger partial charge in [-0.25, -0.2) is 18.1 Å². The number of sulfonamides is 1. The van der Waals surface area contributed by atoms with E-state index in [0.717, 1.165) is 6.26 Å². The third kappa shape index (κ3) is 5.72. The van der Waals surface area contributed by atoms with E-state index in [1.54, 1.807) is 7.05 Å². The molecule has 1 amide bonds. The maximum absolute atomic E-state index is 11.8. The summed E-state index contributed by atoms with van der Waals surface area (Å²) in [6, 6.07) is 1.52. The molecule has 7 nitrogen and oxygen atoms in total. The summed E-state index contributed by atoms with van der Waals surface area (Å²) < 4.78 is 24.0. The van der Waals surface area contributed by atoms with Crippen LogP contribution in [0.15, 0.2) is 12.3 Å². The minimum Gasteiger partial charge on any atom is -0.372 e. The van der Waals surface area contributed by atoms with Crippen LogP contribution in [0.3, 0.4) is 0 Å². The molecule has 0 fully saturated rings. The molecule has 20 heavy (non-hydrogen) atoms. The van der Waals surface area contributed by atoms with Crippen LogP contribution >= 0.6 is 11.6 Å². The molecule has 0 aromatic carbocycles. The maximum atomic E-state index is 11.8. The fourth-order valence-corrected chi connectivity index (χ4v) is 2.17. The largest absolute Gasteiger partial charge is 0.372 e. The molecule has 0 saturated heterocycles. The van der Waals surface area contributed by atoms with Gasteiger partial charge in [0.15, 0.2) is 0 Å². The normalized spacial score (nSPS) is 11.2. The Bertz CT molecular complexity index is 577. The first-order valence-corrected chi connectivity index (χ1v) is 8.16. The van der Waals surface area contributed by atoms with Crippen LogP contribution in [0, 0.1) is 0 Å². The number of carbonyl (C=O) groups excluding carboxylic acids is 1. The second kappa shape index (κ2) is 7.41. The van der Waals surface area contributed by atoms with Crippen molar-refractivity contribution >= 4 is 33.3 Å². The fourth-order valence-electron chi connectivity index (χ4n) is 1.40. The summed E-state index contributed by atoms with van der Waals surface area (Å²) in [6.45, 7) is 0.629. The number of carbonyl (C=O) groups is 1. The molecule has 0 saturated carbocycles. The number of hydrogen-bond acceptors (Lipinski definition) is 5. The molecular formula is C11H17ClN4O3S. The summed E-state index contributed by atoms with van der Waals surface area (Å²) in [5, 5.41) is 5.81. The summed E-state index contributed by atoms with van der Waals surface area (Å²) in [7, 11) is -1.50. The van der Waals surface area contributed by atoms with Crippen molar-refractivity contribution in [3.05, 3.63) is 22.8 Å². The van der Waals surface area contributed by atoms with Crippen molar-refractivity contribution in [1.82, 2.24) is 15.0 Å². The van der Waals surface area contributed by atoms with Crippen LogP contribution in [-0.2, 0) is 10.0 Å². The first-order chi connectivity index (χ1) is 9.33. The van der Waals surface area contributed by atoms with Crippen LogP contribution in [-0.4, -0.2) is 45.7 Å². The number of amides is 1. The van der Waals surface area contributed by atoms with E-state index in [1.807, 2.05) is 0 Å². The zero-order chi connectivity index (χ0) is 15.2. The van der Waals surface area contributed by atoms with Gasteiger partial charge in [-0.05, 0) is 12.5 Å². The van der Waals surface area contributed by atoms with Crippen LogP contribution in [0.1, 0.15) is 16.8 Å². The number of rotatable bonds is 7. The van der Waals surface area contributed by atoms with E-state index in [4.69, 9.17) is 11.6 Å². The number of nitrogens with one attached hydrogen (secondary N) is 3. The zero-order valence-corrected chi connectivity index (χ0v) is 12.8. The Labute approximate surface area is 123 Å². The molecule has 1 aromatic rings. The summed E-state index contributed by atoms with van der Waals surface area (Å²) in [5.74, 6) is 0.196. The molecule has 3 N–H and O–H groups in total. The number of aromatic nitrogens is 1. The van der Waals surface area contributed by atoms with E-state index in [0.29, 0.717) is 29.4 Å². The van der Waals surface area contributed by atoms with E-state index in [2.05, 4.69) is 20.3 Å². The lowest BCUT2D eigenvalue weighted by atomic mass is 10.2. The molecule has 0 aliphatic carbocycles. The van der Waals surface area contributed by atoms with Gasteiger partial charge in [0.25, 0.3) is 5.91 Å². The quantitative estimate of drug-likeness (QED) is 0.633. The van der Waals surface area contributed by atoms with Gasteiger partial charge in [0.1, 0.15) is 5.82 Å². The highest BCUT2D eigenvalue weighted by Crippen LogP contribution is 2.19. The number of hydrogen-bond donors (Lipinski definition) is 3. The van der Waals surface area contributed by atoms with Crippen molar-refractivity contribution < 1.29 is 13.2 Å². The minimum absolute atomic E-state index is 0.275. The van der Waals surface area contributed by atoms with Crippen LogP contribution in [0.2, 0.25) is 5.02 Å². The van der Waals surface area contributed by atoms with Crippen molar-refractivity contribution in [2.75, 3.05) is 31.7 Å². The second-order valence-electron chi connectivity index (χ2n) is 4.08. The minimum atomic E-state index is -3.19. The van der Waals surface area contributed by atoms with Gasteiger partial charge in [0.2, 0.25) is 10.0 Å². The van der Waals surface area contributed by atoms with Gasteiger partial charge >= 0.3 is 0 Å². The highest BCUT2D eigenvalue weighted by atomic mass is 35.5. The molecule has 0 aliphatic rings. The monoisotopic (exact) mass is 320 g/mol. The summed E-state index contributed by atoms with van der Waals surface area (Å²) >= 11 is 5.93. The average Bonchev–Trinajstić information content (AvgIpc) is 2.36. The molecule has 9 heteroatoms. The van der Waals surface area contributed by atoms with Crippen molar-refractivity contribution in [3.8, 4) is 0 Å². The lowest BCUT2D eigenvalue weighted by molar-refractivity contribution is 0.0953. The zero-order valence-electron chi connectivity index (χ0n) is 11.2. The third-order valence-corrected chi connectivity index (χ3v) is 3.36. The van der Waals surface area contributed by atoms with Crippen molar-refractivity contribution in [2.24, 2.45) is 0 Å². The lowest BCUT2D eigenvalue weighted by Crippen LogP contribution is -2.29. The van der Waals surface area contributed by atoms with Gasteiger partial charge in [-0.2, -0.15) is 0 Å². The summed E-state index contributed by atoms with van der Waals surface area (Å²) in [6.07, 6.45) is 3.00. The van der Waals surface area contributed by atoms with Crippen molar-refractivity contribution in [1.29, 1.82) is 0 Å². The second-order valence-corrected chi connectivity index (χ2v) is 6.32. The summed E-state index contributed by atoms with van der Waals surface area (Å²) in [5.41, 5.74) is 0.352. The number of halogens is 1. The molecule has 0 unspecified atom stereocenters. The van der Waals surface area contributed by atoms with Crippen molar-refractivity contribution in [2.45, 2.75) is 6.42 Å². The molecule has 0 bridgehead atoms. The van der Waals surface area contributed by atoms with Gasteiger partial charge < -0.3 is 10.6 Å². The predicted molar refractivity (Wildman–Crippen MR) is 78.6 cm³/mol.